The molecule has 4 heteroatoms. The first-order chi connectivity index (χ1) is 9.10. The number of rotatable bonds is 4. The molecule has 0 bridgehead atoms. The maximum atomic E-state index is 5.16. The van der Waals surface area contributed by atoms with Crippen LogP contribution in [-0.2, 0) is 6.54 Å². The van der Waals surface area contributed by atoms with Crippen LogP contribution in [0.1, 0.15) is 11.1 Å². The molecule has 3 nitrogen and oxygen atoms in total. The van der Waals surface area contributed by atoms with Crippen LogP contribution < -0.4 is 9.64 Å². The second kappa shape index (κ2) is 6.06. The van der Waals surface area contributed by atoms with Gasteiger partial charge in [-0.25, -0.2) is 4.98 Å². The van der Waals surface area contributed by atoms with Crippen LogP contribution >= 0.6 is 15.9 Å². The minimum atomic E-state index is 0.819. The van der Waals surface area contributed by atoms with Crippen molar-refractivity contribution in [2.24, 2.45) is 0 Å². The van der Waals surface area contributed by atoms with Gasteiger partial charge in [-0.2, -0.15) is 0 Å². The third kappa shape index (κ3) is 3.47. The van der Waals surface area contributed by atoms with E-state index in [0.29, 0.717) is 0 Å². The van der Waals surface area contributed by atoms with Gasteiger partial charge in [0, 0.05) is 24.3 Å². The van der Waals surface area contributed by atoms with Gasteiger partial charge in [0.2, 0.25) is 0 Å². The van der Waals surface area contributed by atoms with Crippen LogP contribution in [0.15, 0.2) is 41.0 Å². The van der Waals surface area contributed by atoms with Crippen molar-refractivity contribution in [2.75, 3.05) is 19.1 Å². The maximum absolute atomic E-state index is 5.16. The van der Waals surface area contributed by atoms with Crippen LogP contribution in [0.4, 0.5) is 5.82 Å². The van der Waals surface area contributed by atoms with E-state index in [-0.39, 0.29) is 0 Å². The molecule has 0 radical (unpaired) electrons. The molecule has 1 heterocycles. The van der Waals surface area contributed by atoms with E-state index in [2.05, 4.69) is 50.9 Å². The van der Waals surface area contributed by atoms with E-state index in [9.17, 15) is 0 Å². The molecular formula is C15H17BrN2O. The fourth-order valence-corrected chi connectivity index (χ4v) is 2.46. The zero-order valence-electron chi connectivity index (χ0n) is 11.4. The molecular weight excluding hydrogens is 304 g/mol. The summed E-state index contributed by atoms with van der Waals surface area (Å²) in [4.78, 5) is 6.60. The highest BCUT2D eigenvalue weighted by molar-refractivity contribution is 9.10. The van der Waals surface area contributed by atoms with Gasteiger partial charge in [-0.05, 0) is 52.2 Å². The molecule has 0 N–H and O–H groups in total. The minimum absolute atomic E-state index is 0.819. The molecule has 0 saturated carbocycles. The summed E-state index contributed by atoms with van der Waals surface area (Å²) in [5.41, 5.74) is 2.39. The Morgan fingerprint density at radius 3 is 2.53 bits per heavy atom. The molecule has 1 aromatic heterocycles. The fourth-order valence-electron chi connectivity index (χ4n) is 2.01. The zero-order valence-corrected chi connectivity index (χ0v) is 12.9. The van der Waals surface area contributed by atoms with Gasteiger partial charge in [0.05, 0.1) is 7.11 Å². The van der Waals surface area contributed by atoms with Crippen molar-refractivity contribution in [3.63, 3.8) is 0 Å². The average molecular weight is 321 g/mol. The second-order valence-electron chi connectivity index (χ2n) is 4.50. The van der Waals surface area contributed by atoms with Crippen LogP contribution in [-0.4, -0.2) is 19.1 Å². The van der Waals surface area contributed by atoms with Crippen LogP contribution in [0.25, 0.3) is 0 Å². The Morgan fingerprint density at radius 1 is 1.26 bits per heavy atom. The summed E-state index contributed by atoms with van der Waals surface area (Å²) in [6.07, 6.45) is 1.83. The molecule has 100 valence electrons. The van der Waals surface area contributed by atoms with Crippen molar-refractivity contribution in [3.05, 3.63) is 52.1 Å². The van der Waals surface area contributed by atoms with Crippen LogP contribution in [0.3, 0.4) is 0 Å². The topological polar surface area (TPSA) is 25.4 Å². The van der Waals surface area contributed by atoms with E-state index < -0.39 is 0 Å². The van der Waals surface area contributed by atoms with Crippen molar-refractivity contribution < 1.29 is 4.74 Å². The molecule has 19 heavy (non-hydrogen) atoms. The van der Waals surface area contributed by atoms with Gasteiger partial charge in [0.15, 0.2) is 0 Å². The highest BCUT2D eigenvalue weighted by Gasteiger charge is 2.07. The normalized spacial score (nSPS) is 10.3. The molecule has 0 amide bonds. The number of ether oxygens (including phenoxy) is 1. The molecule has 0 unspecified atom stereocenters. The number of anilines is 1. The number of hydrogen-bond acceptors (Lipinski definition) is 3. The number of pyridine rings is 1. The number of nitrogens with zero attached hydrogens (tertiary/aromatic N) is 2. The summed E-state index contributed by atoms with van der Waals surface area (Å²) in [7, 11) is 3.73. The third-order valence-corrected chi connectivity index (χ3v) is 3.39. The SMILES string of the molecule is COc1ccc(CN(C)c2ncc(Br)cc2C)cc1. The van der Waals surface area contributed by atoms with Gasteiger partial charge >= 0.3 is 0 Å². The average Bonchev–Trinajstić information content (AvgIpc) is 2.39. The molecule has 2 aromatic rings. The lowest BCUT2D eigenvalue weighted by Crippen LogP contribution is -2.18. The Labute approximate surface area is 122 Å². The predicted octanol–water partition coefficient (Wildman–Crippen LogP) is 3.80. The predicted molar refractivity (Wildman–Crippen MR) is 81.8 cm³/mol. The van der Waals surface area contributed by atoms with Crippen LogP contribution in [0, 0.1) is 6.92 Å². The zero-order chi connectivity index (χ0) is 13.8. The quantitative estimate of drug-likeness (QED) is 0.856. The van der Waals surface area contributed by atoms with Gasteiger partial charge in [-0.1, -0.05) is 12.1 Å². The number of benzene rings is 1. The minimum Gasteiger partial charge on any atom is -0.497 e. The Kier molecular flexibility index (Phi) is 4.43. The molecule has 1 aromatic carbocycles. The van der Waals surface area contributed by atoms with E-state index in [0.717, 1.165) is 28.1 Å². The van der Waals surface area contributed by atoms with E-state index in [1.54, 1.807) is 7.11 Å². The number of hydrogen-bond donors (Lipinski definition) is 0. The van der Waals surface area contributed by atoms with Gasteiger partial charge < -0.3 is 9.64 Å². The third-order valence-electron chi connectivity index (χ3n) is 2.96. The first-order valence-electron chi connectivity index (χ1n) is 6.06. The Balaban J connectivity index is 2.13. The number of aryl methyl sites for hydroxylation is 1. The lowest BCUT2D eigenvalue weighted by Gasteiger charge is -2.20. The van der Waals surface area contributed by atoms with E-state index in [1.165, 1.54) is 5.56 Å². The number of methoxy groups -OCH3 is 1. The first kappa shape index (κ1) is 13.9. The van der Waals surface area contributed by atoms with E-state index in [1.807, 2.05) is 25.4 Å². The molecule has 0 aliphatic rings. The van der Waals surface area contributed by atoms with Gasteiger partial charge in [-0.3, -0.25) is 0 Å². The summed E-state index contributed by atoms with van der Waals surface area (Å²) in [5, 5.41) is 0. The Bertz CT molecular complexity index is 555. The standard InChI is InChI=1S/C15H17BrN2O/c1-11-8-13(16)9-17-15(11)18(2)10-12-4-6-14(19-3)7-5-12/h4-9H,10H2,1-3H3. The van der Waals surface area contributed by atoms with E-state index in [4.69, 9.17) is 4.74 Å². The Morgan fingerprint density at radius 2 is 1.95 bits per heavy atom. The number of aromatic nitrogens is 1. The van der Waals surface area contributed by atoms with Gasteiger partial charge in [0.1, 0.15) is 11.6 Å². The monoisotopic (exact) mass is 320 g/mol. The van der Waals surface area contributed by atoms with Gasteiger partial charge in [0.25, 0.3) is 0 Å². The van der Waals surface area contributed by atoms with Crippen molar-refractivity contribution in [3.8, 4) is 5.75 Å². The van der Waals surface area contributed by atoms with E-state index >= 15 is 0 Å². The molecule has 0 aliphatic carbocycles. The molecule has 0 atom stereocenters. The summed E-state index contributed by atoms with van der Waals surface area (Å²) < 4.78 is 6.17. The molecule has 0 saturated heterocycles. The summed E-state index contributed by atoms with van der Waals surface area (Å²) in [5.74, 6) is 1.88. The second-order valence-corrected chi connectivity index (χ2v) is 5.41. The molecule has 0 spiro atoms. The molecule has 0 aliphatic heterocycles. The lowest BCUT2D eigenvalue weighted by atomic mass is 10.2. The largest absolute Gasteiger partial charge is 0.497 e. The summed E-state index contributed by atoms with van der Waals surface area (Å²) in [6.45, 7) is 2.89. The fraction of sp³-hybridized carbons (Fsp3) is 0.267. The number of halogens is 1. The Hall–Kier alpha value is -1.55. The van der Waals surface area contributed by atoms with Crippen molar-refractivity contribution in [1.29, 1.82) is 0 Å². The highest BCUT2D eigenvalue weighted by Crippen LogP contribution is 2.21. The molecule has 0 fully saturated rings. The smallest absolute Gasteiger partial charge is 0.131 e. The lowest BCUT2D eigenvalue weighted by molar-refractivity contribution is 0.414. The summed E-state index contributed by atoms with van der Waals surface area (Å²) >= 11 is 3.43. The van der Waals surface area contributed by atoms with Crippen molar-refractivity contribution in [1.82, 2.24) is 4.98 Å². The highest BCUT2D eigenvalue weighted by atomic mass is 79.9. The van der Waals surface area contributed by atoms with Crippen molar-refractivity contribution in [2.45, 2.75) is 13.5 Å². The summed E-state index contributed by atoms with van der Waals surface area (Å²) in [6, 6.07) is 10.2. The van der Waals surface area contributed by atoms with Gasteiger partial charge in [-0.15, -0.1) is 0 Å². The first-order valence-corrected chi connectivity index (χ1v) is 6.85. The maximum Gasteiger partial charge on any atom is 0.131 e. The van der Waals surface area contributed by atoms with Crippen LogP contribution in [0.5, 0.6) is 5.75 Å². The molecule has 2 rings (SSSR count). The van der Waals surface area contributed by atoms with Crippen LogP contribution in [0.2, 0.25) is 0 Å². The van der Waals surface area contributed by atoms with Crippen molar-refractivity contribution >= 4 is 21.7 Å².